The van der Waals surface area contributed by atoms with Crippen molar-refractivity contribution in [1.29, 1.82) is 0 Å². The molecular formula is C5H11N. The van der Waals surface area contributed by atoms with Crippen molar-refractivity contribution in [1.82, 2.24) is 0 Å². The topological polar surface area (TPSA) is 26.0 Å². The van der Waals surface area contributed by atoms with Crippen LogP contribution in [0.15, 0.2) is 12.3 Å². The van der Waals surface area contributed by atoms with Crippen molar-refractivity contribution in [2.75, 3.05) is 0 Å². The van der Waals surface area contributed by atoms with E-state index in [1.807, 2.05) is 0 Å². The molecule has 6 heavy (non-hydrogen) atoms. The summed E-state index contributed by atoms with van der Waals surface area (Å²) in [5.74, 6) is 0. The average Bonchev–Trinajstić information content (AvgIpc) is 1.35. The maximum absolute atomic E-state index is 5.21. The average molecular weight is 85.1 g/mol. The SMILES string of the molecule is C=C(N)CCC. The van der Waals surface area contributed by atoms with Crippen LogP contribution in [0.3, 0.4) is 0 Å². The second-order valence-electron chi connectivity index (χ2n) is 1.41. The van der Waals surface area contributed by atoms with E-state index in [0.717, 1.165) is 18.5 Å². The Morgan fingerprint density at radius 1 is 1.83 bits per heavy atom. The van der Waals surface area contributed by atoms with Crippen molar-refractivity contribution < 1.29 is 0 Å². The van der Waals surface area contributed by atoms with Crippen LogP contribution in [-0.2, 0) is 0 Å². The predicted molar refractivity (Wildman–Crippen MR) is 28.2 cm³/mol. The highest BCUT2D eigenvalue weighted by molar-refractivity contribution is 4.84. The van der Waals surface area contributed by atoms with Crippen LogP contribution in [0.2, 0.25) is 0 Å². The smallest absolute Gasteiger partial charge is 0.000733 e. The van der Waals surface area contributed by atoms with Gasteiger partial charge in [0.1, 0.15) is 0 Å². The monoisotopic (exact) mass is 85.1 g/mol. The molecule has 0 fully saturated rings. The zero-order valence-corrected chi connectivity index (χ0v) is 4.20. The van der Waals surface area contributed by atoms with Gasteiger partial charge in [0.15, 0.2) is 0 Å². The minimum Gasteiger partial charge on any atom is -0.403 e. The first kappa shape index (κ1) is 5.54. The number of hydrogen-bond donors (Lipinski definition) is 1. The number of allylic oxidation sites excluding steroid dienone is 1. The zero-order chi connectivity index (χ0) is 4.99. The maximum atomic E-state index is 5.21. The lowest BCUT2D eigenvalue weighted by Gasteiger charge is -1.88. The molecule has 0 aromatic rings. The molecule has 0 bridgehead atoms. The third-order valence-electron chi connectivity index (χ3n) is 0.571. The van der Waals surface area contributed by atoms with Crippen molar-refractivity contribution in [3.8, 4) is 0 Å². The van der Waals surface area contributed by atoms with Crippen LogP contribution in [0, 0.1) is 0 Å². The largest absolute Gasteiger partial charge is 0.403 e. The summed E-state index contributed by atoms with van der Waals surface area (Å²) >= 11 is 0. The fraction of sp³-hybridized carbons (Fsp3) is 0.600. The van der Waals surface area contributed by atoms with Crippen LogP contribution >= 0.6 is 0 Å². The van der Waals surface area contributed by atoms with E-state index in [1.54, 1.807) is 0 Å². The molecule has 0 aromatic carbocycles. The third-order valence-corrected chi connectivity index (χ3v) is 0.571. The van der Waals surface area contributed by atoms with Crippen LogP contribution in [0.5, 0.6) is 0 Å². The van der Waals surface area contributed by atoms with E-state index in [0.29, 0.717) is 0 Å². The molecule has 0 saturated heterocycles. The van der Waals surface area contributed by atoms with Crippen molar-refractivity contribution in [3.05, 3.63) is 12.3 Å². The minimum atomic E-state index is 0.789. The molecule has 1 nitrogen and oxygen atoms in total. The van der Waals surface area contributed by atoms with E-state index in [1.165, 1.54) is 0 Å². The normalized spacial score (nSPS) is 8.17. The van der Waals surface area contributed by atoms with Gasteiger partial charge in [-0.3, -0.25) is 0 Å². The van der Waals surface area contributed by atoms with Crippen LogP contribution in [0.4, 0.5) is 0 Å². The van der Waals surface area contributed by atoms with Gasteiger partial charge in [0.2, 0.25) is 0 Å². The number of nitrogens with two attached hydrogens (primary N) is 1. The molecule has 0 spiro atoms. The van der Waals surface area contributed by atoms with Gasteiger partial charge in [0.25, 0.3) is 0 Å². The van der Waals surface area contributed by atoms with E-state index in [4.69, 9.17) is 5.73 Å². The van der Waals surface area contributed by atoms with Gasteiger partial charge in [-0.05, 0) is 6.42 Å². The molecule has 0 saturated carbocycles. The third kappa shape index (κ3) is 3.54. The zero-order valence-electron chi connectivity index (χ0n) is 4.20. The highest BCUT2D eigenvalue weighted by atomic mass is 14.5. The van der Waals surface area contributed by atoms with Gasteiger partial charge in [-0.1, -0.05) is 19.9 Å². The minimum absolute atomic E-state index is 0.789. The summed E-state index contributed by atoms with van der Waals surface area (Å²) in [6.45, 7) is 5.60. The van der Waals surface area contributed by atoms with Crippen molar-refractivity contribution in [2.24, 2.45) is 5.73 Å². The maximum Gasteiger partial charge on any atom is 0.000733 e. The second-order valence-corrected chi connectivity index (χ2v) is 1.41. The Balaban J connectivity index is 2.83. The first-order chi connectivity index (χ1) is 2.77. The van der Waals surface area contributed by atoms with Crippen LogP contribution in [-0.4, -0.2) is 0 Å². The van der Waals surface area contributed by atoms with Crippen molar-refractivity contribution >= 4 is 0 Å². The Hall–Kier alpha value is -0.460. The van der Waals surface area contributed by atoms with Crippen LogP contribution < -0.4 is 5.73 Å². The lowest BCUT2D eigenvalue weighted by molar-refractivity contribution is 0.897. The highest BCUT2D eigenvalue weighted by Gasteiger charge is 1.76. The molecule has 0 unspecified atom stereocenters. The first-order valence-corrected chi connectivity index (χ1v) is 2.20. The van der Waals surface area contributed by atoms with Gasteiger partial charge in [-0.15, -0.1) is 0 Å². The Bertz CT molecular complexity index is 47.9. The molecule has 0 aromatic heterocycles. The molecule has 0 amide bonds. The summed E-state index contributed by atoms with van der Waals surface area (Å²) < 4.78 is 0. The Morgan fingerprint density at radius 2 is 2.33 bits per heavy atom. The van der Waals surface area contributed by atoms with Gasteiger partial charge in [-0.25, -0.2) is 0 Å². The van der Waals surface area contributed by atoms with Crippen molar-refractivity contribution in [2.45, 2.75) is 19.8 Å². The summed E-state index contributed by atoms with van der Waals surface area (Å²) in [5, 5.41) is 0. The lowest BCUT2D eigenvalue weighted by Crippen LogP contribution is -1.91. The Labute approximate surface area is 38.8 Å². The summed E-state index contributed by atoms with van der Waals surface area (Å²) in [6, 6.07) is 0. The number of hydrogen-bond acceptors (Lipinski definition) is 1. The number of rotatable bonds is 2. The molecule has 1 heteroatoms. The summed E-state index contributed by atoms with van der Waals surface area (Å²) in [5.41, 5.74) is 6.00. The van der Waals surface area contributed by atoms with Gasteiger partial charge >= 0.3 is 0 Å². The molecule has 0 rings (SSSR count). The molecule has 0 atom stereocenters. The van der Waals surface area contributed by atoms with E-state index >= 15 is 0 Å². The molecular weight excluding hydrogens is 74.1 g/mol. The van der Waals surface area contributed by atoms with Gasteiger partial charge in [0.05, 0.1) is 0 Å². The molecule has 36 valence electrons. The van der Waals surface area contributed by atoms with Crippen LogP contribution in [0.25, 0.3) is 0 Å². The second kappa shape index (κ2) is 2.76. The summed E-state index contributed by atoms with van der Waals surface area (Å²) in [7, 11) is 0. The molecule has 2 N–H and O–H groups in total. The van der Waals surface area contributed by atoms with E-state index < -0.39 is 0 Å². The van der Waals surface area contributed by atoms with E-state index in [-0.39, 0.29) is 0 Å². The van der Waals surface area contributed by atoms with Gasteiger partial charge in [-0.2, -0.15) is 0 Å². The Morgan fingerprint density at radius 3 is 2.33 bits per heavy atom. The predicted octanol–water partition coefficient (Wildman–Crippen LogP) is 1.26. The lowest BCUT2D eigenvalue weighted by atomic mass is 10.3. The highest BCUT2D eigenvalue weighted by Crippen LogP contribution is 1.90. The van der Waals surface area contributed by atoms with Gasteiger partial charge in [0, 0.05) is 5.70 Å². The van der Waals surface area contributed by atoms with Gasteiger partial charge < -0.3 is 5.73 Å². The van der Waals surface area contributed by atoms with Crippen molar-refractivity contribution in [3.63, 3.8) is 0 Å². The standard InChI is InChI=1S/C5H11N/c1-3-4-5(2)6/h2-4,6H2,1H3. The quantitative estimate of drug-likeness (QED) is 0.536. The summed E-state index contributed by atoms with van der Waals surface area (Å²) in [6.07, 6.45) is 2.06. The molecule has 0 radical (unpaired) electrons. The first-order valence-electron chi connectivity index (χ1n) is 2.20. The molecule has 0 heterocycles. The fourth-order valence-electron chi connectivity index (χ4n) is 0.321. The molecule has 0 aliphatic rings. The molecule has 0 aliphatic heterocycles. The fourth-order valence-corrected chi connectivity index (χ4v) is 0.321. The molecule has 0 aliphatic carbocycles. The van der Waals surface area contributed by atoms with E-state index in [9.17, 15) is 0 Å². The summed E-state index contributed by atoms with van der Waals surface area (Å²) in [4.78, 5) is 0. The Kier molecular flexibility index (Phi) is 2.55. The van der Waals surface area contributed by atoms with E-state index in [2.05, 4.69) is 13.5 Å². The van der Waals surface area contributed by atoms with Crippen LogP contribution in [0.1, 0.15) is 19.8 Å².